The van der Waals surface area contributed by atoms with Crippen LogP contribution in [0.25, 0.3) is 0 Å². The molecule has 1 fully saturated rings. The molecule has 1 unspecified atom stereocenters. The summed E-state index contributed by atoms with van der Waals surface area (Å²) in [6.07, 6.45) is 4.18. The first kappa shape index (κ1) is 11.5. The number of ether oxygens (including phenoxy) is 1. The molecule has 1 aliphatic rings. The van der Waals surface area contributed by atoms with Crippen molar-refractivity contribution in [3.05, 3.63) is 0 Å². The Morgan fingerprint density at radius 2 is 2.21 bits per heavy atom. The second kappa shape index (κ2) is 5.35. The summed E-state index contributed by atoms with van der Waals surface area (Å²) in [5.41, 5.74) is 0. The van der Waals surface area contributed by atoms with E-state index in [4.69, 9.17) is 4.74 Å². The first-order chi connectivity index (χ1) is 6.65. The van der Waals surface area contributed by atoms with E-state index in [9.17, 15) is 4.79 Å². The van der Waals surface area contributed by atoms with Crippen LogP contribution in [0.1, 0.15) is 39.5 Å². The number of piperidine rings is 1. The summed E-state index contributed by atoms with van der Waals surface area (Å²) in [6, 6.07) is 0.932. The molecule has 1 saturated heterocycles. The van der Waals surface area contributed by atoms with Gasteiger partial charge in [-0.2, -0.15) is 0 Å². The smallest absolute Gasteiger partial charge is 0.307 e. The van der Waals surface area contributed by atoms with Gasteiger partial charge in [-0.25, -0.2) is 0 Å². The number of rotatable bonds is 3. The fourth-order valence-corrected chi connectivity index (χ4v) is 2.20. The lowest BCUT2D eigenvalue weighted by molar-refractivity contribution is -0.142. The number of carbonyl (C=O) groups is 1. The van der Waals surface area contributed by atoms with Crippen LogP contribution in [0.3, 0.4) is 0 Å². The molecular formula is C11H21NO2. The summed E-state index contributed by atoms with van der Waals surface area (Å²) in [5.74, 6) is -0.0810. The van der Waals surface area contributed by atoms with Crippen LogP contribution in [0.2, 0.25) is 0 Å². The van der Waals surface area contributed by atoms with Crippen molar-refractivity contribution < 1.29 is 9.53 Å². The molecule has 0 bridgehead atoms. The van der Waals surface area contributed by atoms with Crippen molar-refractivity contribution in [2.24, 2.45) is 0 Å². The highest BCUT2D eigenvalue weighted by atomic mass is 16.5. The van der Waals surface area contributed by atoms with Crippen LogP contribution in [-0.2, 0) is 9.53 Å². The third-order valence-electron chi connectivity index (χ3n) is 2.97. The Morgan fingerprint density at radius 1 is 1.50 bits per heavy atom. The van der Waals surface area contributed by atoms with Gasteiger partial charge in [0.1, 0.15) is 0 Å². The van der Waals surface area contributed by atoms with Crippen molar-refractivity contribution in [3.8, 4) is 0 Å². The van der Waals surface area contributed by atoms with Crippen molar-refractivity contribution in [1.82, 2.24) is 4.90 Å². The minimum Gasteiger partial charge on any atom is -0.469 e. The Balaban J connectivity index is 2.49. The molecular weight excluding hydrogens is 178 g/mol. The summed E-state index contributed by atoms with van der Waals surface area (Å²) in [7, 11) is 1.46. The van der Waals surface area contributed by atoms with E-state index in [0.29, 0.717) is 18.5 Å². The van der Waals surface area contributed by atoms with Gasteiger partial charge < -0.3 is 4.74 Å². The number of esters is 1. The van der Waals surface area contributed by atoms with Gasteiger partial charge in [0.05, 0.1) is 13.5 Å². The lowest BCUT2D eigenvalue weighted by Crippen LogP contribution is -2.44. The Morgan fingerprint density at radius 3 is 2.79 bits per heavy atom. The Hall–Kier alpha value is -0.570. The van der Waals surface area contributed by atoms with E-state index < -0.39 is 0 Å². The minimum atomic E-state index is -0.0810. The highest BCUT2D eigenvalue weighted by Crippen LogP contribution is 2.22. The number of methoxy groups -OCH3 is 1. The summed E-state index contributed by atoms with van der Waals surface area (Å²) >= 11 is 0. The lowest BCUT2D eigenvalue weighted by atomic mass is 9.98. The molecule has 0 aromatic carbocycles. The van der Waals surface area contributed by atoms with Crippen LogP contribution in [0, 0.1) is 0 Å². The van der Waals surface area contributed by atoms with Crippen molar-refractivity contribution in [1.29, 1.82) is 0 Å². The molecule has 0 amide bonds. The molecule has 0 aromatic rings. The SMILES string of the molecule is COC(=O)CC1CCCCN1C(C)C. The lowest BCUT2D eigenvalue weighted by Gasteiger charge is -2.38. The first-order valence-electron chi connectivity index (χ1n) is 5.47. The monoisotopic (exact) mass is 199 g/mol. The molecule has 1 rings (SSSR count). The van der Waals surface area contributed by atoms with E-state index in [-0.39, 0.29) is 5.97 Å². The molecule has 14 heavy (non-hydrogen) atoms. The van der Waals surface area contributed by atoms with E-state index in [2.05, 4.69) is 18.7 Å². The molecule has 0 saturated carbocycles. The Bertz CT molecular complexity index is 192. The van der Waals surface area contributed by atoms with Crippen LogP contribution < -0.4 is 0 Å². The van der Waals surface area contributed by atoms with Crippen LogP contribution in [0.4, 0.5) is 0 Å². The van der Waals surface area contributed by atoms with E-state index in [1.807, 2.05) is 0 Å². The molecule has 0 aromatic heterocycles. The number of hydrogen-bond donors (Lipinski definition) is 0. The average Bonchev–Trinajstić information content (AvgIpc) is 2.18. The molecule has 3 heteroatoms. The van der Waals surface area contributed by atoms with Crippen molar-refractivity contribution in [3.63, 3.8) is 0 Å². The number of hydrogen-bond acceptors (Lipinski definition) is 3. The third kappa shape index (κ3) is 2.98. The van der Waals surface area contributed by atoms with Gasteiger partial charge in [0.25, 0.3) is 0 Å². The van der Waals surface area contributed by atoms with Crippen LogP contribution >= 0.6 is 0 Å². The molecule has 0 aliphatic carbocycles. The highest BCUT2D eigenvalue weighted by molar-refractivity contribution is 5.69. The topological polar surface area (TPSA) is 29.5 Å². The summed E-state index contributed by atoms with van der Waals surface area (Å²) < 4.78 is 4.72. The zero-order valence-electron chi connectivity index (χ0n) is 9.45. The van der Waals surface area contributed by atoms with E-state index in [1.54, 1.807) is 0 Å². The predicted octanol–water partition coefficient (Wildman–Crippen LogP) is 1.81. The molecule has 0 spiro atoms. The summed E-state index contributed by atoms with van der Waals surface area (Å²) in [6.45, 7) is 5.50. The van der Waals surface area contributed by atoms with Gasteiger partial charge >= 0.3 is 5.97 Å². The zero-order chi connectivity index (χ0) is 10.6. The molecule has 1 atom stereocenters. The average molecular weight is 199 g/mol. The largest absolute Gasteiger partial charge is 0.469 e. The van der Waals surface area contributed by atoms with Crippen LogP contribution in [-0.4, -0.2) is 36.6 Å². The molecule has 82 valence electrons. The quantitative estimate of drug-likeness (QED) is 0.649. The number of nitrogens with zero attached hydrogens (tertiary/aromatic N) is 1. The Kier molecular flexibility index (Phi) is 4.39. The molecule has 1 aliphatic heterocycles. The predicted molar refractivity (Wildman–Crippen MR) is 56.1 cm³/mol. The van der Waals surface area contributed by atoms with Crippen molar-refractivity contribution in [2.75, 3.05) is 13.7 Å². The standard InChI is InChI=1S/C11H21NO2/c1-9(2)12-7-5-4-6-10(12)8-11(13)14-3/h9-10H,4-8H2,1-3H3. The molecule has 0 N–H and O–H groups in total. The van der Waals surface area contributed by atoms with Gasteiger partial charge in [-0.1, -0.05) is 6.42 Å². The molecule has 1 heterocycles. The fourth-order valence-electron chi connectivity index (χ4n) is 2.20. The zero-order valence-corrected chi connectivity index (χ0v) is 9.45. The number of likely N-dealkylation sites (tertiary alicyclic amines) is 1. The molecule has 0 radical (unpaired) electrons. The van der Waals surface area contributed by atoms with E-state index in [1.165, 1.54) is 20.0 Å². The van der Waals surface area contributed by atoms with Crippen LogP contribution in [0.15, 0.2) is 0 Å². The highest BCUT2D eigenvalue weighted by Gasteiger charge is 2.26. The fraction of sp³-hybridized carbons (Fsp3) is 0.909. The molecule has 3 nitrogen and oxygen atoms in total. The van der Waals surface area contributed by atoms with Gasteiger partial charge in [0, 0.05) is 12.1 Å². The van der Waals surface area contributed by atoms with E-state index in [0.717, 1.165) is 13.0 Å². The maximum atomic E-state index is 11.2. The normalized spacial score (nSPS) is 23.9. The van der Waals surface area contributed by atoms with Gasteiger partial charge in [0.15, 0.2) is 0 Å². The van der Waals surface area contributed by atoms with Gasteiger partial charge in [-0.15, -0.1) is 0 Å². The van der Waals surface area contributed by atoms with Crippen molar-refractivity contribution in [2.45, 2.75) is 51.6 Å². The second-order valence-electron chi connectivity index (χ2n) is 4.26. The van der Waals surface area contributed by atoms with Gasteiger partial charge in [0.2, 0.25) is 0 Å². The van der Waals surface area contributed by atoms with Gasteiger partial charge in [-0.05, 0) is 33.2 Å². The minimum absolute atomic E-state index is 0.0810. The summed E-state index contributed by atoms with van der Waals surface area (Å²) in [4.78, 5) is 13.6. The number of carbonyl (C=O) groups excluding carboxylic acids is 1. The van der Waals surface area contributed by atoms with Crippen molar-refractivity contribution >= 4 is 5.97 Å². The first-order valence-corrected chi connectivity index (χ1v) is 5.47. The maximum Gasteiger partial charge on any atom is 0.307 e. The Labute approximate surface area is 86.4 Å². The second-order valence-corrected chi connectivity index (χ2v) is 4.26. The van der Waals surface area contributed by atoms with E-state index >= 15 is 0 Å². The van der Waals surface area contributed by atoms with Gasteiger partial charge in [-0.3, -0.25) is 9.69 Å². The third-order valence-corrected chi connectivity index (χ3v) is 2.97. The maximum absolute atomic E-state index is 11.2. The van der Waals surface area contributed by atoms with Crippen LogP contribution in [0.5, 0.6) is 0 Å². The summed E-state index contributed by atoms with van der Waals surface area (Å²) in [5, 5.41) is 0.